The van der Waals surface area contributed by atoms with E-state index in [0.717, 1.165) is 0 Å². The molecule has 0 unspecified atom stereocenters. The van der Waals surface area contributed by atoms with Crippen molar-refractivity contribution in [3.63, 3.8) is 0 Å². The van der Waals surface area contributed by atoms with Crippen molar-refractivity contribution in [3.8, 4) is 0 Å². The van der Waals surface area contributed by atoms with Crippen molar-refractivity contribution in [1.29, 1.82) is 0 Å². The average molecular weight is 319 g/mol. The van der Waals surface area contributed by atoms with Crippen molar-refractivity contribution in [3.05, 3.63) is 12.0 Å². The lowest BCUT2D eigenvalue weighted by Crippen LogP contribution is -2.46. The molecule has 6 heteroatoms. The summed E-state index contributed by atoms with van der Waals surface area (Å²) in [6.45, 7) is 17.3. The SMILES string of the molecule is CC(C)N(B(Cl)/C=C/B(Cl)N(C(C)C)C(C)C)C(C)C. The Bertz CT molecular complexity index is 253. The van der Waals surface area contributed by atoms with Crippen LogP contribution < -0.4 is 0 Å². The first-order valence-electron chi connectivity index (χ1n) is 7.60. The molecule has 0 fully saturated rings. The van der Waals surface area contributed by atoms with E-state index in [4.69, 9.17) is 22.9 Å². The highest BCUT2D eigenvalue weighted by Gasteiger charge is 2.27. The van der Waals surface area contributed by atoms with Gasteiger partial charge >= 0.3 is 12.5 Å². The summed E-state index contributed by atoms with van der Waals surface area (Å²) < 4.78 is 0. The van der Waals surface area contributed by atoms with E-state index >= 15 is 0 Å². The molecule has 0 saturated heterocycles. The number of hydrogen-bond donors (Lipinski definition) is 0. The molecule has 0 rings (SSSR count). The maximum absolute atomic E-state index is 6.51. The van der Waals surface area contributed by atoms with Crippen LogP contribution in [0.4, 0.5) is 0 Å². The molecule has 0 radical (unpaired) electrons. The lowest BCUT2D eigenvalue weighted by Gasteiger charge is -2.33. The lowest BCUT2D eigenvalue weighted by molar-refractivity contribution is 0.310. The normalized spacial score (nSPS) is 13.0. The molecule has 0 aliphatic carbocycles. The third-order valence-electron chi connectivity index (χ3n) is 3.38. The van der Waals surface area contributed by atoms with Gasteiger partial charge in [-0.15, -0.1) is 0 Å². The second-order valence-electron chi connectivity index (χ2n) is 6.40. The van der Waals surface area contributed by atoms with Gasteiger partial charge in [-0.1, -0.05) is 67.3 Å². The van der Waals surface area contributed by atoms with Crippen molar-refractivity contribution >= 4 is 35.4 Å². The van der Waals surface area contributed by atoms with Gasteiger partial charge in [-0.3, -0.25) is 0 Å². The Hall–Kier alpha value is 0.370. The topological polar surface area (TPSA) is 6.48 Å². The first-order valence-corrected chi connectivity index (χ1v) is 8.48. The summed E-state index contributed by atoms with van der Waals surface area (Å²) in [4.78, 5) is 4.52. The Morgan fingerprint density at radius 2 is 0.800 bits per heavy atom. The van der Waals surface area contributed by atoms with Crippen LogP contribution in [-0.4, -0.2) is 46.3 Å². The summed E-state index contributed by atoms with van der Waals surface area (Å²) in [6.07, 6.45) is -0.255. The van der Waals surface area contributed by atoms with Gasteiger partial charge in [0.05, 0.1) is 0 Å². The first kappa shape index (κ1) is 20.4. The number of halogens is 2. The highest BCUT2D eigenvalue weighted by Crippen LogP contribution is 2.15. The molecule has 0 aromatic carbocycles. The minimum absolute atomic E-state index is 0.127. The third kappa shape index (κ3) is 6.43. The zero-order chi connectivity index (χ0) is 16.0. The predicted molar refractivity (Wildman–Crippen MR) is 96.6 cm³/mol. The fraction of sp³-hybridized carbons (Fsp3) is 0.857. The van der Waals surface area contributed by atoms with Crippen LogP contribution in [0.5, 0.6) is 0 Å². The molecule has 0 aromatic rings. The second kappa shape index (κ2) is 9.40. The van der Waals surface area contributed by atoms with Crippen LogP contribution >= 0.6 is 22.9 Å². The molecule has 0 bridgehead atoms. The van der Waals surface area contributed by atoms with E-state index in [-0.39, 0.29) is 12.5 Å². The fourth-order valence-electron chi connectivity index (χ4n) is 2.71. The summed E-state index contributed by atoms with van der Waals surface area (Å²) in [6, 6.07) is 1.62. The molecular weight excluding hydrogens is 289 g/mol. The molecule has 0 aliphatic rings. The van der Waals surface area contributed by atoms with Gasteiger partial charge in [0.15, 0.2) is 0 Å². The molecule has 116 valence electrons. The molecule has 0 saturated carbocycles. The Labute approximate surface area is 136 Å². The zero-order valence-corrected chi connectivity index (χ0v) is 15.8. The molecule has 0 atom stereocenters. The van der Waals surface area contributed by atoms with E-state index in [0.29, 0.717) is 24.2 Å². The number of hydrogen-bond acceptors (Lipinski definition) is 2. The second-order valence-corrected chi connectivity index (χ2v) is 7.29. The van der Waals surface area contributed by atoms with Gasteiger partial charge in [0.25, 0.3) is 0 Å². The minimum Gasteiger partial charge on any atom is -0.320 e. The maximum atomic E-state index is 6.51. The quantitative estimate of drug-likeness (QED) is 0.615. The molecule has 0 amide bonds. The molecule has 20 heavy (non-hydrogen) atoms. The molecule has 0 aliphatic heterocycles. The van der Waals surface area contributed by atoms with E-state index in [9.17, 15) is 0 Å². The van der Waals surface area contributed by atoms with E-state index in [1.54, 1.807) is 0 Å². The predicted octanol–water partition coefficient (Wildman–Crippen LogP) is 4.31. The van der Waals surface area contributed by atoms with Gasteiger partial charge in [-0.05, 0) is 24.2 Å². The van der Waals surface area contributed by atoms with Gasteiger partial charge in [0.1, 0.15) is 0 Å². The third-order valence-corrected chi connectivity index (χ3v) is 4.13. The van der Waals surface area contributed by atoms with E-state index < -0.39 is 0 Å². The average Bonchev–Trinajstić information content (AvgIpc) is 2.23. The van der Waals surface area contributed by atoms with Crippen LogP contribution in [0.2, 0.25) is 0 Å². The van der Waals surface area contributed by atoms with Crippen LogP contribution in [0.15, 0.2) is 12.0 Å². The van der Waals surface area contributed by atoms with Gasteiger partial charge in [0, 0.05) is 0 Å². The summed E-state index contributed by atoms with van der Waals surface area (Å²) in [7, 11) is 0. The van der Waals surface area contributed by atoms with Gasteiger partial charge in [-0.25, -0.2) is 0 Å². The molecular formula is C14H30B2Cl2N2. The first-order chi connectivity index (χ1) is 9.09. The highest BCUT2D eigenvalue weighted by atomic mass is 35.5. The summed E-state index contributed by atoms with van der Waals surface area (Å²) in [5.41, 5.74) is 0. The maximum Gasteiger partial charge on any atom is 0.356 e. The molecule has 0 heterocycles. The van der Waals surface area contributed by atoms with Gasteiger partial charge in [-0.2, -0.15) is 22.9 Å². The Balaban J connectivity index is 4.83. The van der Waals surface area contributed by atoms with E-state index in [2.05, 4.69) is 65.0 Å². The van der Waals surface area contributed by atoms with Crippen molar-refractivity contribution in [2.45, 2.75) is 79.6 Å². The van der Waals surface area contributed by atoms with Gasteiger partial charge < -0.3 is 9.62 Å². The van der Waals surface area contributed by atoms with Crippen molar-refractivity contribution < 1.29 is 0 Å². The fourth-order valence-corrected chi connectivity index (χ4v) is 3.78. The lowest BCUT2D eigenvalue weighted by atomic mass is 9.76. The largest absolute Gasteiger partial charge is 0.356 e. The van der Waals surface area contributed by atoms with Gasteiger partial charge in [0.2, 0.25) is 0 Å². The van der Waals surface area contributed by atoms with Crippen molar-refractivity contribution in [1.82, 2.24) is 9.62 Å². The smallest absolute Gasteiger partial charge is 0.320 e. The number of rotatable bonds is 8. The zero-order valence-electron chi connectivity index (χ0n) is 14.3. The molecule has 0 spiro atoms. The monoisotopic (exact) mass is 318 g/mol. The Morgan fingerprint density at radius 1 is 0.600 bits per heavy atom. The summed E-state index contributed by atoms with van der Waals surface area (Å²) in [5, 5.41) is 0. The standard InChI is InChI=1S/C14H30B2Cl2N2/c1-11(2)19(12(3)4)15(17)9-10-16(18)20(13(5)6)14(7)8/h9-14H,1-8H3/b10-9+. The minimum atomic E-state index is -0.127. The van der Waals surface area contributed by atoms with Crippen molar-refractivity contribution in [2.24, 2.45) is 0 Å². The summed E-state index contributed by atoms with van der Waals surface area (Å²) >= 11 is 13.0. The van der Waals surface area contributed by atoms with E-state index in [1.807, 2.05) is 12.0 Å². The Morgan fingerprint density at radius 3 is 0.950 bits per heavy atom. The van der Waals surface area contributed by atoms with Crippen LogP contribution in [0, 0.1) is 0 Å². The van der Waals surface area contributed by atoms with Crippen molar-refractivity contribution in [2.75, 3.05) is 0 Å². The van der Waals surface area contributed by atoms with Crippen LogP contribution in [0.3, 0.4) is 0 Å². The van der Waals surface area contributed by atoms with Crippen LogP contribution in [-0.2, 0) is 0 Å². The van der Waals surface area contributed by atoms with E-state index in [1.165, 1.54) is 0 Å². The summed E-state index contributed by atoms with van der Waals surface area (Å²) in [5.74, 6) is 4.02. The van der Waals surface area contributed by atoms with Crippen LogP contribution in [0.25, 0.3) is 0 Å². The molecule has 2 nitrogen and oxygen atoms in total. The Kier molecular flexibility index (Phi) is 9.57. The molecule has 0 N–H and O–H groups in total. The number of nitrogens with zero attached hydrogens (tertiary/aromatic N) is 2. The molecule has 0 aromatic heterocycles. The highest BCUT2D eigenvalue weighted by molar-refractivity contribution is 7.11. The van der Waals surface area contributed by atoms with Crippen LogP contribution in [0.1, 0.15) is 55.4 Å².